The molecule has 106 valence electrons. The van der Waals surface area contributed by atoms with E-state index in [2.05, 4.69) is 43.4 Å². The zero-order valence-electron chi connectivity index (χ0n) is 12.6. The van der Waals surface area contributed by atoms with Crippen LogP contribution in [0.3, 0.4) is 0 Å². The molecule has 0 aromatic heterocycles. The smallest absolute Gasteiger partial charge is 0.0351 e. The topological polar surface area (TPSA) is 12.0 Å². The van der Waals surface area contributed by atoms with Gasteiger partial charge < -0.3 is 5.32 Å². The molecule has 0 amide bonds. The standard InChI is InChI=1S/C18H29N/c1-3-19-18(17-14-10-9-11-15(17)2)16-12-7-5-4-6-8-13-16/h9-11,14,16,18-19H,3-8,12-13H2,1-2H3. The Balaban J connectivity index is 2.15. The van der Waals surface area contributed by atoms with Crippen molar-refractivity contribution >= 4 is 0 Å². The average molecular weight is 259 g/mol. The van der Waals surface area contributed by atoms with Crippen molar-refractivity contribution < 1.29 is 0 Å². The van der Waals surface area contributed by atoms with Gasteiger partial charge in [0.15, 0.2) is 0 Å². The first kappa shape index (κ1) is 14.6. The van der Waals surface area contributed by atoms with Gasteiger partial charge in [-0.05, 0) is 43.4 Å². The summed E-state index contributed by atoms with van der Waals surface area (Å²) in [6, 6.07) is 9.48. The van der Waals surface area contributed by atoms with Gasteiger partial charge in [0.2, 0.25) is 0 Å². The minimum absolute atomic E-state index is 0.560. The summed E-state index contributed by atoms with van der Waals surface area (Å²) in [6.45, 7) is 5.55. The van der Waals surface area contributed by atoms with Crippen molar-refractivity contribution in [1.82, 2.24) is 5.32 Å². The third kappa shape index (κ3) is 4.07. The lowest BCUT2D eigenvalue weighted by Crippen LogP contribution is -2.29. The third-order valence-corrected chi connectivity index (χ3v) is 4.57. The monoisotopic (exact) mass is 259 g/mol. The second-order valence-electron chi connectivity index (χ2n) is 6.00. The van der Waals surface area contributed by atoms with Crippen molar-refractivity contribution in [1.29, 1.82) is 0 Å². The van der Waals surface area contributed by atoms with Crippen LogP contribution in [0.1, 0.15) is 69.0 Å². The number of hydrogen-bond acceptors (Lipinski definition) is 1. The molecule has 19 heavy (non-hydrogen) atoms. The first-order valence-corrected chi connectivity index (χ1v) is 8.12. The summed E-state index contributed by atoms with van der Waals surface area (Å²) in [6.07, 6.45) is 9.93. The molecule has 0 saturated heterocycles. The summed E-state index contributed by atoms with van der Waals surface area (Å²) < 4.78 is 0. The second-order valence-corrected chi connectivity index (χ2v) is 6.00. The van der Waals surface area contributed by atoms with Crippen LogP contribution in [-0.2, 0) is 0 Å². The van der Waals surface area contributed by atoms with E-state index < -0.39 is 0 Å². The summed E-state index contributed by atoms with van der Waals surface area (Å²) in [4.78, 5) is 0. The van der Waals surface area contributed by atoms with E-state index in [0.717, 1.165) is 12.5 Å². The van der Waals surface area contributed by atoms with Crippen LogP contribution < -0.4 is 5.32 Å². The fourth-order valence-electron chi connectivity index (χ4n) is 3.51. The Morgan fingerprint density at radius 1 is 1.05 bits per heavy atom. The molecule has 1 heteroatoms. The van der Waals surface area contributed by atoms with Gasteiger partial charge in [0.25, 0.3) is 0 Å². The van der Waals surface area contributed by atoms with Gasteiger partial charge in [-0.15, -0.1) is 0 Å². The lowest BCUT2D eigenvalue weighted by Gasteiger charge is -2.31. The molecule has 0 heterocycles. The van der Waals surface area contributed by atoms with E-state index in [1.54, 1.807) is 0 Å². The molecule has 0 radical (unpaired) electrons. The maximum atomic E-state index is 3.76. The van der Waals surface area contributed by atoms with Crippen LogP contribution in [0.15, 0.2) is 24.3 Å². The Labute approximate surface area is 118 Å². The molecule has 1 atom stereocenters. The Bertz CT molecular complexity index is 364. The van der Waals surface area contributed by atoms with Crippen LogP contribution in [0.25, 0.3) is 0 Å². The molecule has 1 unspecified atom stereocenters. The summed E-state index contributed by atoms with van der Waals surface area (Å²) in [5.74, 6) is 0.821. The number of benzene rings is 1. The van der Waals surface area contributed by atoms with Crippen LogP contribution in [-0.4, -0.2) is 6.54 Å². The summed E-state index contributed by atoms with van der Waals surface area (Å²) >= 11 is 0. The highest BCUT2D eigenvalue weighted by Gasteiger charge is 2.23. The summed E-state index contributed by atoms with van der Waals surface area (Å²) in [7, 11) is 0. The molecule has 2 rings (SSSR count). The van der Waals surface area contributed by atoms with Gasteiger partial charge in [0.1, 0.15) is 0 Å². The summed E-state index contributed by atoms with van der Waals surface area (Å²) in [5, 5.41) is 3.76. The molecule has 1 saturated carbocycles. The minimum atomic E-state index is 0.560. The number of nitrogens with one attached hydrogen (secondary N) is 1. The molecule has 1 nitrogen and oxygen atoms in total. The van der Waals surface area contributed by atoms with Crippen LogP contribution >= 0.6 is 0 Å². The van der Waals surface area contributed by atoms with Crippen molar-refractivity contribution in [2.45, 2.75) is 64.8 Å². The molecule has 1 aromatic rings. The molecule has 1 N–H and O–H groups in total. The predicted molar refractivity (Wildman–Crippen MR) is 83.4 cm³/mol. The van der Waals surface area contributed by atoms with E-state index in [0.29, 0.717) is 6.04 Å². The molecule has 1 aliphatic carbocycles. The van der Waals surface area contributed by atoms with Crippen molar-refractivity contribution in [3.63, 3.8) is 0 Å². The van der Waals surface area contributed by atoms with Crippen LogP contribution in [0.4, 0.5) is 0 Å². The van der Waals surface area contributed by atoms with Gasteiger partial charge in [-0.1, -0.05) is 63.3 Å². The Hall–Kier alpha value is -0.820. The maximum Gasteiger partial charge on any atom is 0.0351 e. The van der Waals surface area contributed by atoms with Gasteiger partial charge in [0.05, 0.1) is 0 Å². The van der Waals surface area contributed by atoms with Gasteiger partial charge in [-0.3, -0.25) is 0 Å². The van der Waals surface area contributed by atoms with E-state index in [9.17, 15) is 0 Å². The summed E-state index contributed by atoms with van der Waals surface area (Å²) in [5.41, 5.74) is 2.96. The van der Waals surface area contributed by atoms with Crippen molar-refractivity contribution in [3.05, 3.63) is 35.4 Å². The number of hydrogen-bond donors (Lipinski definition) is 1. The normalized spacial score (nSPS) is 19.7. The first-order valence-electron chi connectivity index (χ1n) is 8.12. The lowest BCUT2D eigenvalue weighted by molar-refractivity contribution is 0.291. The molecule has 1 aromatic carbocycles. The molecular weight excluding hydrogens is 230 g/mol. The fourth-order valence-corrected chi connectivity index (χ4v) is 3.51. The molecule has 0 aliphatic heterocycles. The third-order valence-electron chi connectivity index (χ3n) is 4.57. The van der Waals surface area contributed by atoms with E-state index in [-0.39, 0.29) is 0 Å². The Kier molecular flexibility index (Phi) is 5.91. The van der Waals surface area contributed by atoms with Gasteiger partial charge in [-0.2, -0.15) is 0 Å². The quantitative estimate of drug-likeness (QED) is 0.801. The largest absolute Gasteiger partial charge is 0.310 e. The van der Waals surface area contributed by atoms with E-state index in [1.807, 2.05) is 0 Å². The molecule has 0 bridgehead atoms. The zero-order chi connectivity index (χ0) is 13.5. The highest BCUT2D eigenvalue weighted by atomic mass is 14.9. The number of aryl methyl sites for hydroxylation is 1. The zero-order valence-corrected chi connectivity index (χ0v) is 12.6. The molecular formula is C18H29N. The Morgan fingerprint density at radius 2 is 1.68 bits per heavy atom. The van der Waals surface area contributed by atoms with Crippen molar-refractivity contribution in [3.8, 4) is 0 Å². The highest BCUT2D eigenvalue weighted by Crippen LogP contribution is 2.34. The van der Waals surface area contributed by atoms with Gasteiger partial charge in [-0.25, -0.2) is 0 Å². The van der Waals surface area contributed by atoms with Crippen molar-refractivity contribution in [2.75, 3.05) is 6.54 Å². The van der Waals surface area contributed by atoms with Crippen LogP contribution in [0.2, 0.25) is 0 Å². The molecule has 0 spiro atoms. The predicted octanol–water partition coefficient (Wildman–Crippen LogP) is 5.01. The molecule has 1 fully saturated rings. The Morgan fingerprint density at radius 3 is 2.32 bits per heavy atom. The lowest BCUT2D eigenvalue weighted by atomic mass is 9.81. The number of rotatable bonds is 4. The van der Waals surface area contributed by atoms with Crippen LogP contribution in [0, 0.1) is 12.8 Å². The van der Waals surface area contributed by atoms with E-state index in [4.69, 9.17) is 0 Å². The van der Waals surface area contributed by atoms with E-state index in [1.165, 1.54) is 56.1 Å². The molecule has 1 aliphatic rings. The maximum absolute atomic E-state index is 3.76. The SMILES string of the molecule is CCNC(c1ccccc1C)C1CCCCCCC1. The second kappa shape index (κ2) is 7.69. The van der Waals surface area contributed by atoms with Crippen molar-refractivity contribution in [2.24, 2.45) is 5.92 Å². The average Bonchev–Trinajstić information content (AvgIpc) is 2.37. The van der Waals surface area contributed by atoms with Gasteiger partial charge in [0, 0.05) is 6.04 Å². The minimum Gasteiger partial charge on any atom is -0.310 e. The highest BCUT2D eigenvalue weighted by molar-refractivity contribution is 5.29. The van der Waals surface area contributed by atoms with Gasteiger partial charge >= 0.3 is 0 Å². The van der Waals surface area contributed by atoms with Crippen LogP contribution in [0.5, 0.6) is 0 Å². The fraction of sp³-hybridized carbons (Fsp3) is 0.667. The van der Waals surface area contributed by atoms with E-state index >= 15 is 0 Å². The first-order chi connectivity index (χ1) is 9.33.